The SMILES string of the molecule is Cc1ccc2nc(-c3ccccc3)cc(C(=O)Nc3ccccc3C)c2c1. The number of nitrogens with one attached hydrogen (secondary N) is 1. The maximum atomic E-state index is 13.1. The van der Waals surface area contributed by atoms with Gasteiger partial charge in [-0.25, -0.2) is 4.98 Å². The standard InChI is InChI=1S/C24H20N2O/c1-16-12-13-22-19(14-16)20(15-23(25-22)18-9-4-3-5-10-18)24(27)26-21-11-7-6-8-17(21)2/h3-15H,1-2H3,(H,26,27). The third-order valence-corrected chi connectivity index (χ3v) is 4.67. The highest BCUT2D eigenvalue weighted by Gasteiger charge is 2.15. The largest absolute Gasteiger partial charge is 0.322 e. The van der Waals surface area contributed by atoms with E-state index >= 15 is 0 Å². The molecular formula is C24H20N2O. The molecule has 0 spiro atoms. The number of fused-ring (bicyclic) bond motifs is 1. The van der Waals surface area contributed by atoms with Crippen molar-refractivity contribution in [2.24, 2.45) is 0 Å². The van der Waals surface area contributed by atoms with Gasteiger partial charge in [0.2, 0.25) is 0 Å². The molecule has 0 atom stereocenters. The Labute approximate surface area is 158 Å². The van der Waals surface area contributed by atoms with Crippen molar-refractivity contribution < 1.29 is 4.79 Å². The van der Waals surface area contributed by atoms with Crippen molar-refractivity contribution >= 4 is 22.5 Å². The van der Waals surface area contributed by atoms with Crippen molar-refractivity contribution in [1.29, 1.82) is 0 Å². The molecule has 0 saturated heterocycles. The fourth-order valence-electron chi connectivity index (χ4n) is 3.19. The maximum Gasteiger partial charge on any atom is 0.256 e. The van der Waals surface area contributed by atoms with Crippen LogP contribution in [0.2, 0.25) is 0 Å². The van der Waals surface area contributed by atoms with Crippen LogP contribution in [-0.4, -0.2) is 10.9 Å². The topological polar surface area (TPSA) is 42.0 Å². The van der Waals surface area contributed by atoms with Crippen molar-refractivity contribution in [2.75, 3.05) is 5.32 Å². The Morgan fingerprint density at radius 1 is 0.852 bits per heavy atom. The minimum absolute atomic E-state index is 0.125. The van der Waals surface area contributed by atoms with Gasteiger partial charge >= 0.3 is 0 Å². The average Bonchev–Trinajstić information content (AvgIpc) is 2.69. The van der Waals surface area contributed by atoms with Crippen molar-refractivity contribution in [3.8, 4) is 11.3 Å². The third-order valence-electron chi connectivity index (χ3n) is 4.67. The molecule has 0 unspecified atom stereocenters. The van der Waals surface area contributed by atoms with Gasteiger partial charge in [0.15, 0.2) is 0 Å². The lowest BCUT2D eigenvalue weighted by atomic mass is 10.0. The first-order valence-electron chi connectivity index (χ1n) is 8.95. The molecule has 0 aliphatic carbocycles. The molecule has 0 aliphatic rings. The monoisotopic (exact) mass is 352 g/mol. The molecular weight excluding hydrogens is 332 g/mol. The molecule has 132 valence electrons. The second-order valence-electron chi connectivity index (χ2n) is 6.71. The number of hydrogen-bond donors (Lipinski definition) is 1. The van der Waals surface area contributed by atoms with E-state index in [0.29, 0.717) is 5.56 Å². The predicted octanol–water partition coefficient (Wildman–Crippen LogP) is 5.77. The minimum atomic E-state index is -0.125. The Bertz CT molecular complexity index is 1130. The lowest BCUT2D eigenvalue weighted by molar-refractivity contribution is 0.102. The van der Waals surface area contributed by atoms with E-state index in [-0.39, 0.29) is 5.91 Å². The van der Waals surface area contributed by atoms with Gasteiger partial charge in [0.1, 0.15) is 0 Å². The van der Waals surface area contributed by atoms with Crippen molar-refractivity contribution in [3.63, 3.8) is 0 Å². The van der Waals surface area contributed by atoms with Crippen LogP contribution in [0, 0.1) is 13.8 Å². The first-order chi connectivity index (χ1) is 13.1. The Balaban J connectivity index is 1.85. The van der Waals surface area contributed by atoms with Crippen LogP contribution in [-0.2, 0) is 0 Å². The maximum absolute atomic E-state index is 13.1. The normalized spacial score (nSPS) is 10.7. The molecule has 27 heavy (non-hydrogen) atoms. The molecule has 3 aromatic carbocycles. The minimum Gasteiger partial charge on any atom is -0.322 e. The molecule has 1 heterocycles. The van der Waals surface area contributed by atoms with E-state index in [0.717, 1.165) is 39.0 Å². The van der Waals surface area contributed by atoms with E-state index < -0.39 is 0 Å². The molecule has 0 saturated carbocycles. The van der Waals surface area contributed by atoms with Crippen LogP contribution in [0.1, 0.15) is 21.5 Å². The van der Waals surface area contributed by atoms with Crippen LogP contribution in [0.15, 0.2) is 78.9 Å². The molecule has 4 aromatic rings. The number of amides is 1. The summed E-state index contributed by atoms with van der Waals surface area (Å²) >= 11 is 0. The van der Waals surface area contributed by atoms with Crippen molar-refractivity contribution in [2.45, 2.75) is 13.8 Å². The van der Waals surface area contributed by atoms with Gasteiger partial charge in [-0.05, 0) is 43.7 Å². The summed E-state index contributed by atoms with van der Waals surface area (Å²) in [5, 5.41) is 3.91. The van der Waals surface area contributed by atoms with Crippen LogP contribution < -0.4 is 5.32 Å². The van der Waals surface area contributed by atoms with Crippen molar-refractivity contribution in [3.05, 3.63) is 95.6 Å². The quantitative estimate of drug-likeness (QED) is 0.508. The van der Waals surface area contributed by atoms with E-state index in [9.17, 15) is 4.79 Å². The summed E-state index contributed by atoms with van der Waals surface area (Å²) < 4.78 is 0. The summed E-state index contributed by atoms with van der Waals surface area (Å²) in [5.41, 5.74) is 6.18. The number of nitrogens with zero attached hydrogens (tertiary/aromatic N) is 1. The van der Waals surface area contributed by atoms with Gasteiger partial charge in [-0.2, -0.15) is 0 Å². The Kier molecular flexibility index (Phi) is 4.43. The zero-order valence-electron chi connectivity index (χ0n) is 15.4. The van der Waals surface area contributed by atoms with Crippen LogP contribution in [0.3, 0.4) is 0 Å². The lowest BCUT2D eigenvalue weighted by Gasteiger charge is -2.12. The zero-order chi connectivity index (χ0) is 18.8. The van der Waals surface area contributed by atoms with E-state index in [1.54, 1.807) is 0 Å². The van der Waals surface area contributed by atoms with Gasteiger partial charge < -0.3 is 5.32 Å². The molecule has 0 bridgehead atoms. The van der Waals surface area contributed by atoms with E-state index in [2.05, 4.69) is 5.32 Å². The van der Waals surface area contributed by atoms with Crippen LogP contribution in [0.5, 0.6) is 0 Å². The number of rotatable bonds is 3. The summed E-state index contributed by atoms with van der Waals surface area (Å²) in [6, 6.07) is 25.6. The zero-order valence-corrected chi connectivity index (χ0v) is 15.4. The fourth-order valence-corrected chi connectivity index (χ4v) is 3.19. The number of pyridine rings is 1. The van der Waals surface area contributed by atoms with Crippen LogP contribution in [0.25, 0.3) is 22.2 Å². The molecule has 0 aliphatic heterocycles. The summed E-state index contributed by atoms with van der Waals surface area (Å²) in [5.74, 6) is -0.125. The summed E-state index contributed by atoms with van der Waals surface area (Å²) in [6.07, 6.45) is 0. The molecule has 0 radical (unpaired) electrons. The third kappa shape index (κ3) is 3.44. The molecule has 3 heteroatoms. The Hall–Kier alpha value is -3.46. The van der Waals surface area contributed by atoms with Crippen molar-refractivity contribution in [1.82, 2.24) is 4.98 Å². The van der Waals surface area contributed by atoms with Gasteiger partial charge in [0.25, 0.3) is 5.91 Å². The summed E-state index contributed by atoms with van der Waals surface area (Å²) in [4.78, 5) is 17.9. The van der Waals surface area contributed by atoms with Gasteiger partial charge in [-0.15, -0.1) is 0 Å². The number of anilines is 1. The average molecular weight is 352 g/mol. The second-order valence-corrected chi connectivity index (χ2v) is 6.71. The molecule has 1 N–H and O–H groups in total. The fraction of sp³-hybridized carbons (Fsp3) is 0.0833. The molecule has 0 fully saturated rings. The van der Waals surface area contributed by atoms with E-state index in [4.69, 9.17) is 4.98 Å². The van der Waals surface area contributed by atoms with Crippen LogP contribution >= 0.6 is 0 Å². The van der Waals surface area contributed by atoms with E-state index in [1.807, 2.05) is 92.7 Å². The number of para-hydroxylation sites is 1. The number of benzene rings is 3. The number of carbonyl (C=O) groups is 1. The Morgan fingerprint density at radius 2 is 1.59 bits per heavy atom. The smallest absolute Gasteiger partial charge is 0.256 e. The van der Waals surface area contributed by atoms with E-state index in [1.165, 1.54) is 0 Å². The number of aromatic nitrogens is 1. The molecule has 3 nitrogen and oxygen atoms in total. The number of hydrogen-bond acceptors (Lipinski definition) is 2. The Morgan fingerprint density at radius 3 is 2.37 bits per heavy atom. The highest BCUT2D eigenvalue weighted by Crippen LogP contribution is 2.27. The highest BCUT2D eigenvalue weighted by molar-refractivity contribution is 6.13. The highest BCUT2D eigenvalue weighted by atomic mass is 16.1. The predicted molar refractivity (Wildman–Crippen MR) is 111 cm³/mol. The molecule has 4 rings (SSSR count). The molecule has 1 aromatic heterocycles. The van der Waals surface area contributed by atoms with Gasteiger partial charge in [0.05, 0.1) is 16.8 Å². The van der Waals surface area contributed by atoms with Gasteiger partial charge in [-0.1, -0.05) is 60.2 Å². The lowest BCUT2D eigenvalue weighted by Crippen LogP contribution is -2.14. The number of carbonyl (C=O) groups excluding carboxylic acids is 1. The van der Waals surface area contributed by atoms with Crippen LogP contribution in [0.4, 0.5) is 5.69 Å². The molecule has 1 amide bonds. The van der Waals surface area contributed by atoms with Gasteiger partial charge in [0, 0.05) is 16.6 Å². The number of aryl methyl sites for hydroxylation is 2. The summed E-state index contributed by atoms with van der Waals surface area (Å²) in [6.45, 7) is 4.01. The first-order valence-corrected chi connectivity index (χ1v) is 8.95. The second kappa shape index (κ2) is 7.04. The summed E-state index contributed by atoms with van der Waals surface area (Å²) in [7, 11) is 0. The van der Waals surface area contributed by atoms with Gasteiger partial charge in [-0.3, -0.25) is 4.79 Å². The first kappa shape index (κ1) is 17.0.